The first-order chi connectivity index (χ1) is 13.7. The van der Waals surface area contributed by atoms with Gasteiger partial charge in [0.25, 0.3) is 0 Å². The van der Waals surface area contributed by atoms with E-state index in [0.29, 0.717) is 13.4 Å². The third-order valence-corrected chi connectivity index (χ3v) is 6.27. The highest BCUT2D eigenvalue weighted by molar-refractivity contribution is 6.31. The van der Waals surface area contributed by atoms with Gasteiger partial charge in [0.15, 0.2) is 6.79 Å². The third kappa shape index (κ3) is 4.62. The molecular weight excluding hydrogens is 374 g/mol. The van der Waals surface area contributed by atoms with E-state index in [1.807, 2.05) is 18.2 Å². The lowest BCUT2D eigenvalue weighted by Gasteiger charge is -2.32. The highest BCUT2D eigenvalue weighted by Crippen LogP contribution is 2.32. The Bertz CT molecular complexity index is 802. The Morgan fingerprint density at radius 1 is 1.18 bits per heavy atom. The predicted octanol–water partition coefficient (Wildman–Crippen LogP) is 4.71. The van der Waals surface area contributed by atoms with E-state index in [1.54, 1.807) is 7.11 Å². The molecular formula is C23H28ClNO3. The van der Waals surface area contributed by atoms with E-state index in [9.17, 15) is 0 Å². The fraction of sp³-hybridized carbons (Fsp3) is 0.478. The maximum atomic E-state index is 6.48. The molecule has 4 nitrogen and oxygen atoms in total. The first kappa shape index (κ1) is 19.6. The van der Waals surface area contributed by atoms with Crippen molar-refractivity contribution in [2.45, 2.75) is 32.3 Å². The zero-order valence-corrected chi connectivity index (χ0v) is 17.2. The molecule has 2 aliphatic heterocycles. The SMILES string of the molecule is COc1cccc(CC2CCN(CCc3c(Cl)ccc4c3COCO4)CC2)c1. The molecule has 1 fully saturated rings. The van der Waals surface area contributed by atoms with Crippen LogP contribution in [0.15, 0.2) is 36.4 Å². The number of likely N-dealkylation sites (tertiary alicyclic amines) is 1. The summed E-state index contributed by atoms with van der Waals surface area (Å²) in [6.07, 6.45) is 4.56. The summed E-state index contributed by atoms with van der Waals surface area (Å²) in [4.78, 5) is 2.56. The molecule has 0 saturated carbocycles. The second-order valence-electron chi connectivity index (χ2n) is 7.70. The fourth-order valence-electron chi connectivity index (χ4n) is 4.27. The number of piperidine rings is 1. The summed E-state index contributed by atoms with van der Waals surface area (Å²) in [6.45, 7) is 4.24. The Morgan fingerprint density at radius 3 is 2.86 bits per heavy atom. The molecule has 0 atom stereocenters. The van der Waals surface area contributed by atoms with Crippen LogP contribution in [0, 0.1) is 5.92 Å². The predicted molar refractivity (Wildman–Crippen MR) is 111 cm³/mol. The number of benzene rings is 2. The molecule has 2 heterocycles. The lowest BCUT2D eigenvalue weighted by Crippen LogP contribution is -2.35. The summed E-state index contributed by atoms with van der Waals surface area (Å²) in [7, 11) is 1.73. The van der Waals surface area contributed by atoms with Gasteiger partial charge in [0.05, 0.1) is 13.7 Å². The van der Waals surface area contributed by atoms with Crippen LogP contribution in [0.1, 0.15) is 29.5 Å². The number of nitrogens with zero attached hydrogens (tertiary/aromatic N) is 1. The number of fused-ring (bicyclic) bond motifs is 1. The minimum atomic E-state index is 0.328. The molecule has 0 radical (unpaired) electrons. The Morgan fingerprint density at radius 2 is 2.04 bits per heavy atom. The van der Waals surface area contributed by atoms with Gasteiger partial charge >= 0.3 is 0 Å². The van der Waals surface area contributed by atoms with Crippen molar-refractivity contribution in [3.63, 3.8) is 0 Å². The van der Waals surface area contributed by atoms with Gasteiger partial charge in [-0.2, -0.15) is 0 Å². The molecule has 4 rings (SSSR count). The van der Waals surface area contributed by atoms with Crippen LogP contribution in [0.4, 0.5) is 0 Å². The van der Waals surface area contributed by atoms with Crippen LogP contribution in [-0.4, -0.2) is 38.4 Å². The molecule has 0 aliphatic carbocycles. The number of ether oxygens (including phenoxy) is 3. The Balaban J connectivity index is 1.29. The summed E-state index contributed by atoms with van der Waals surface area (Å²) >= 11 is 6.48. The van der Waals surface area contributed by atoms with Gasteiger partial charge in [0.1, 0.15) is 11.5 Å². The topological polar surface area (TPSA) is 30.9 Å². The number of halogens is 1. The van der Waals surface area contributed by atoms with Crippen molar-refractivity contribution in [2.75, 3.05) is 33.5 Å². The van der Waals surface area contributed by atoms with Gasteiger partial charge in [-0.15, -0.1) is 0 Å². The van der Waals surface area contributed by atoms with Crippen molar-refractivity contribution >= 4 is 11.6 Å². The van der Waals surface area contributed by atoms with Crippen LogP contribution in [0.2, 0.25) is 5.02 Å². The standard InChI is InChI=1S/C23H28ClNO3/c1-26-19-4-2-3-18(14-19)13-17-7-10-25(11-8-17)12-9-20-21-15-27-16-28-23(21)6-5-22(20)24/h2-6,14,17H,7-13,15-16H2,1H3. The first-order valence-corrected chi connectivity index (χ1v) is 10.5. The second-order valence-corrected chi connectivity index (χ2v) is 8.11. The van der Waals surface area contributed by atoms with Gasteiger partial charge in [0, 0.05) is 17.1 Å². The summed E-state index contributed by atoms with van der Waals surface area (Å²) in [5.41, 5.74) is 3.67. The van der Waals surface area contributed by atoms with Crippen LogP contribution in [0.5, 0.6) is 11.5 Å². The van der Waals surface area contributed by atoms with E-state index in [2.05, 4.69) is 23.1 Å². The quantitative estimate of drug-likeness (QED) is 0.701. The van der Waals surface area contributed by atoms with Crippen LogP contribution in [0.3, 0.4) is 0 Å². The number of methoxy groups -OCH3 is 1. The molecule has 2 aromatic carbocycles. The van der Waals surface area contributed by atoms with Crippen LogP contribution in [-0.2, 0) is 24.2 Å². The summed E-state index contributed by atoms with van der Waals surface area (Å²) in [6, 6.07) is 12.4. The van der Waals surface area contributed by atoms with E-state index in [1.165, 1.54) is 24.0 Å². The monoisotopic (exact) mass is 401 g/mol. The van der Waals surface area contributed by atoms with Crippen LogP contribution < -0.4 is 9.47 Å². The minimum Gasteiger partial charge on any atom is -0.497 e. The minimum absolute atomic E-state index is 0.328. The Kier molecular flexibility index (Phi) is 6.40. The molecule has 1 saturated heterocycles. The molecule has 0 N–H and O–H groups in total. The van der Waals surface area contributed by atoms with Gasteiger partial charge in [-0.3, -0.25) is 0 Å². The van der Waals surface area contributed by atoms with Crippen molar-refractivity contribution in [3.05, 3.63) is 58.1 Å². The van der Waals surface area contributed by atoms with E-state index in [0.717, 1.165) is 60.5 Å². The number of hydrogen-bond donors (Lipinski definition) is 0. The van der Waals surface area contributed by atoms with E-state index >= 15 is 0 Å². The van der Waals surface area contributed by atoms with E-state index in [4.69, 9.17) is 25.8 Å². The molecule has 0 unspecified atom stereocenters. The molecule has 0 bridgehead atoms. The maximum Gasteiger partial charge on any atom is 0.189 e. The summed E-state index contributed by atoms with van der Waals surface area (Å²) < 4.78 is 16.4. The van der Waals surface area contributed by atoms with Gasteiger partial charge in [-0.1, -0.05) is 23.7 Å². The van der Waals surface area contributed by atoms with E-state index < -0.39 is 0 Å². The zero-order valence-electron chi connectivity index (χ0n) is 16.5. The molecule has 2 aliphatic rings. The highest BCUT2D eigenvalue weighted by Gasteiger charge is 2.22. The molecule has 2 aromatic rings. The van der Waals surface area contributed by atoms with Crippen molar-refractivity contribution in [1.82, 2.24) is 4.90 Å². The molecule has 0 amide bonds. The smallest absolute Gasteiger partial charge is 0.189 e. The molecule has 0 aromatic heterocycles. The molecule has 5 heteroatoms. The Labute approximate surface area is 172 Å². The molecule has 150 valence electrons. The van der Waals surface area contributed by atoms with Crippen molar-refractivity contribution in [2.24, 2.45) is 5.92 Å². The summed E-state index contributed by atoms with van der Waals surface area (Å²) in [5.74, 6) is 2.62. The second kappa shape index (κ2) is 9.17. The van der Waals surface area contributed by atoms with Gasteiger partial charge in [0.2, 0.25) is 0 Å². The lowest BCUT2D eigenvalue weighted by molar-refractivity contribution is -0.0168. The lowest BCUT2D eigenvalue weighted by atomic mass is 9.90. The number of hydrogen-bond acceptors (Lipinski definition) is 4. The normalized spacial score (nSPS) is 17.8. The fourth-order valence-corrected chi connectivity index (χ4v) is 4.54. The van der Waals surface area contributed by atoms with Crippen LogP contribution >= 0.6 is 11.6 Å². The van der Waals surface area contributed by atoms with Gasteiger partial charge < -0.3 is 19.1 Å². The third-order valence-electron chi connectivity index (χ3n) is 5.92. The largest absolute Gasteiger partial charge is 0.497 e. The average Bonchev–Trinajstić information content (AvgIpc) is 2.74. The highest BCUT2D eigenvalue weighted by atomic mass is 35.5. The van der Waals surface area contributed by atoms with E-state index in [-0.39, 0.29) is 0 Å². The number of rotatable bonds is 6. The van der Waals surface area contributed by atoms with Gasteiger partial charge in [-0.05, 0) is 80.1 Å². The average molecular weight is 402 g/mol. The van der Waals surface area contributed by atoms with Crippen molar-refractivity contribution in [1.29, 1.82) is 0 Å². The van der Waals surface area contributed by atoms with Crippen molar-refractivity contribution in [3.8, 4) is 11.5 Å². The molecule has 28 heavy (non-hydrogen) atoms. The van der Waals surface area contributed by atoms with Gasteiger partial charge in [-0.25, -0.2) is 0 Å². The molecule has 0 spiro atoms. The van der Waals surface area contributed by atoms with Crippen molar-refractivity contribution < 1.29 is 14.2 Å². The maximum absolute atomic E-state index is 6.48. The summed E-state index contributed by atoms with van der Waals surface area (Å²) in [5, 5.41) is 0.820. The first-order valence-electron chi connectivity index (χ1n) is 10.1. The zero-order chi connectivity index (χ0) is 19.3. The Hall–Kier alpha value is -1.75. The van der Waals surface area contributed by atoms with Crippen LogP contribution in [0.25, 0.3) is 0 Å².